The number of aryl methyl sites for hydroxylation is 1. The van der Waals surface area contributed by atoms with Crippen molar-refractivity contribution in [2.45, 2.75) is 0 Å². The number of hydrogen-bond acceptors (Lipinski definition) is 4. The molecule has 2 rings (SSSR count). The number of halogens is 1. The Morgan fingerprint density at radius 1 is 1.62 bits per heavy atom. The van der Waals surface area contributed by atoms with Crippen molar-refractivity contribution in [3.8, 4) is 11.3 Å². The third-order valence-electron chi connectivity index (χ3n) is 1.74. The van der Waals surface area contributed by atoms with Crippen LogP contribution < -0.4 is 5.73 Å². The van der Waals surface area contributed by atoms with Crippen molar-refractivity contribution in [2.24, 2.45) is 7.05 Å². The van der Waals surface area contributed by atoms with Gasteiger partial charge in [0.25, 0.3) is 0 Å². The Hall–Kier alpha value is -1.43. The van der Waals surface area contributed by atoms with Gasteiger partial charge in [0.15, 0.2) is 11.6 Å². The second-order valence-electron chi connectivity index (χ2n) is 2.58. The number of nitrogens with two attached hydrogens (primary N) is 1. The first-order valence-electron chi connectivity index (χ1n) is 3.58. The molecule has 68 valence electrons. The third-order valence-corrected chi connectivity index (χ3v) is 2.32. The number of rotatable bonds is 1. The molecule has 4 nitrogen and oxygen atoms in total. The molecule has 2 heterocycles. The van der Waals surface area contributed by atoms with Gasteiger partial charge in [-0.2, -0.15) is 5.10 Å². The van der Waals surface area contributed by atoms with Crippen LogP contribution >= 0.6 is 11.5 Å². The van der Waals surface area contributed by atoms with Gasteiger partial charge in [0, 0.05) is 18.0 Å². The van der Waals surface area contributed by atoms with Crippen LogP contribution in [0.25, 0.3) is 11.3 Å². The lowest BCUT2D eigenvalue weighted by Gasteiger charge is -1.88. The van der Waals surface area contributed by atoms with Gasteiger partial charge < -0.3 is 5.73 Å². The van der Waals surface area contributed by atoms with E-state index in [0.29, 0.717) is 5.56 Å². The van der Waals surface area contributed by atoms with Gasteiger partial charge in [0.1, 0.15) is 5.69 Å². The van der Waals surface area contributed by atoms with E-state index in [9.17, 15) is 4.39 Å². The zero-order valence-electron chi connectivity index (χ0n) is 6.86. The summed E-state index contributed by atoms with van der Waals surface area (Å²) < 4.78 is 18.5. The van der Waals surface area contributed by atoms with E-state index in [2.05, 4.69) is 9.47 Å². The van der Waals surface area contributed by atoms with E-state index in [-0.39, 0.29) is 11.5 Å². The molecule has 0 spiro atoms. The Morgan fingerprint density at radius 2 is 2.38 bits per heavy atom. The molecule has 0 amide bonds. The van der Waals surface area contributed by atoms with Gasteiger partial charge in [-0.1, -0.05) is 0 Å². The summed E-state index contributed by atoms with van der Waals surface area (Å²) in [4.78, 5) is 0. The molecule has 13 heavy (non-hydrogen) atoms. The first-order chi connectivity index (χ1) is 6.20. The molecule has 0 bridgehead atoms. The fourth-order valence-corrected chi connectivity index (χ4v) is 1.54. The van der Waals surface area contributed by atoms with Crippen LogP contribution in [0.4, 0.5) is 10.2 Å². The third kappa shape index (κ3) is 1.19. The highest BCUT2D eigenvalue weighted by molar-refractivity contribution is 7.03. The van der Waals surface area contributed by atoms with Crippen LogP contribution in [0.15, 0.2) is 11.6 Å². The van der Waals surface area contributed by atoms with Crippen molar-refractivity contribution in [2.75, 3.05) is 5.73 Å². The molecule has 2 aromatic heterocycles. The van der Waals surface area contributed by atoms with Crippen LogP contribution in [0, 0.1) is 5.82 Å². The minimum absolute atomic E-state index is 0.0428. The molecule has 0 unspecified atom stereocenters. The van der Waals surface area contributed by atoms with Gasteiger partial charge in [0.2, 0.25) is 0 Å². The average molecular weight is 198 g/mol. The van der Waals surface area contributed by atoms with E-state index in [1.807, 2.05) is 0 Å². The Bertz CT molecular complexity index is 420. The lowest BCUT2D eigenvalue weighted by molar-refractivity contribution is 0.634. The van der Waals surface area contributed by atoms with Crippen molar-refractivity contribution in [1.29, 1.82) is 0 Å². The number of hydrogen-bond donors (Lipinski definition) is 1. The second kappa shape index (κ2) is 2.81. The van der Waals surface area contributed by atoms with Crippen molar-refractivity contribution >= 4 is 17.4 Å². The van der Waals surface area contributed by atoms with Crippen LogP contribution in [0.2, 0.25) is 0 Å². The quantitative estimate of drug-likeness (QED) is 0.750. The highest BCUT2D eigenvalue weighted by atomic mass is 32.1. The largest absolute Gasteiger partial charge is 0.381 e. The summed E-state index contributed by atoms with van der Waals surface area (Å²) in [6, 6.07) is 0. The molecule has 0 aliphatic rings. The summed E-state index contributed by atoms with van der Waals surface area (Å²) in [7, 11) is 1.60. The smallest absolute Gasteiger partial charge is 0.192 e. The second-order valence-corrected chi connectivity index (χ2v) is 3.24. The Kier molecular flexibility index (Phi) is 1.77. The Balaban J connectivity index is 2.59. The van der Waals surface area contributed by atoms with E-state index in [4.69, 9.17) is 5.73 Å². The van der Waals surface area contributed by atoms with Crippen LogP contribution in [0.1, 0.15) is 0 Å². The van der Waals surface area contributed by atoms with Crippen LogP contribution in [0.5, 0.6) is 0 Å². The van der Waals surface area contributed by atoms with Crippen LogP contribution in [0.3, 0.4) is 0 Å². The van der Waals surface area contributed by atoms with Gasteiger partial charge in [-0.3, -0.25) is 0 Å². The molecule has 0 atom stereocenters. The lowest BCUT2D eigenvalue weighted by atomic mass is 10.2. The number of nitrogens with zero attached hydrogens (tertiary/aromatic N) is 3. The maximum Gasteiger partial charge on any atom is 0.192 e. The number of anilines is 1. The number of nitrogen functional groups attached to an aromatic ring is 1. The van der Waals surface area contributed by atoms with E-state index in [0.717, 1.165) is 0 Å². The standard InChI is InChI=1S/C7H7FN4S/c1-12-7(9)5(8)6(11-12)4-2-10-13-3-4/h2-3H,9H2,1H3. The zero-order chi connectivity index (χ0) is 9.42. The minimum atomic E-state index is -0.484. The molecule has 6 heteroatoms. The van der Waals surface area contributed by atoms with Crippen LogP contribution in [-0.4, -0.2) is 14.2 Å². The maximum absolute atomic E-state index is 13.4. The van der Waals surface area contributed by atoms with Gasteiger partial charge in [-0.05, 0) is 11.5 Å². The van der Waals surface area contributed by atoms with Gasteiger partial charge in [-0.25, -0.2) is 13.4 Å². The average Bonchev–Trinajstić information content (AvgIpc) is 2.70. The van der Waals surface area contributed by atoms with Gasteiger partial charge in [-0.15, -0.1) is 0 Å². The Labute approximate surface area is 78.0 Å². The molecule has 0 saturated carbocycles. The van der Waals surface area contributed by atoms with Crippen LogP contribution in [-0.2, 0) is 7.05 Å². The van der Waals surface area contributed by atoms with Crippen molar-refractivity contribution in [3.63, 3.8) is 0 Å². The predicted octanol–water partition coefficient (Wildman–Crippen LogP) is 1.26. The van der Waals surface area contributed by atoms with Gasteiger partial charge >= 0.3 is 0 Å². The van der Waals surface area contributed by atoms with Crippen molar-refractivity contribution in [1.82, 2.24) is 14.2 Å². The Morgan fingerprint density at radius 3 is 2.85 bits per heavy atom. The molecular weight excluding hydrogens is 191 g/mol. The van der Waals surface area contributed by atoms with E-state index in [1.165, 1.54) is 16.2 Å². The van der Waals surface area contributed by atoms with E-state index in [1.54, 1.807) is 18.6 Å². The molecule has 0 aromatic carbocycles. The molecule has 0 saturated heterocycles. The molecule has 2 N–H and O–H groups in total. The minimum Gasteiger partial charge on any atom is -0.381 e. The predicted molar refractivity (Wildman–Crippen MR) is 48.7 cm³/mol. The zero-order valence-corrected chi connectivity index (χ0v) is 7.68. The topological polar surface area (TPSA) is 56.7 Å². The molecular formula is C7H7FN4S. The molecule has 0 aliphatic heterocycles. The van der Waals surface area contributed by atoms with Crippen molar-refractivity contribution < 1.29 is 4.39 Å². The molecule has 0 radical (unpaired) electrons. The highest BCUT2D eigenvalue weighted by Gasteiger charge is 2.15. The first-order valence-corrected chi connectivity index (χ1v) is 4.41. The van der Waals surface area contributed by atoms with Crippen molar-refractivity contribution in [3.05, 3.63) is 17.4 Å². The van der Waals surface area contributed by atoms with E-state index < -0.39 is 5.82 Å². The van der Waals surface area contributed by atoms with Gasteiger partial charge in [0.05, 0.1) is 6.20 Å². The fourth-order valence-electron chi connectivity index (χ4n) is 1.02. The summed E-state index contributed by atoms with van der Waals surface area (Å²) in [5.74, 6) is -0.441. The molecule has 0 fully saturated rings. The SMILES string of the molecule is Cn1nc(-c2cnsc2)c(F)c1N. The lowest BCUT2D eigenvalue weighted by Crippen LogP contribution is -1.97. The summed E-state index contributed by atoms with van der Waals surface area (Å²) in [5, 5.41) is 5.66. The summed E-state index contributed by atoms with van der Waals surface area (Å²) in [6.07, 6.45) is 1.56. The summed E-state index contributed by atoms with van der Waals surface area (Å²) >= 11 is 1.25. The first kappa shape index (κ1) is 8.18. The number of aromatic nitrogens is 3. The molecule has 0 aliphatic carbocycles. The summed E-state index contributed by atoms with van der Waals surface area (Å²) in [6.45, 7) is 0. The fraction of sp³-hybridized carbons (Fsp3) is 0.143. The monoisotopic (exact) mass is 198 g/mol. The highest BCUT2D eigenvalue weighted by Crippen LogP contribution is 2.25. The normalized spacial score (nSPS) is 10.6. The van der Waals surface area contributed by atoms with E-state index >= 15 is 0 Å². The maximum atomic E-state index is 13.4. The summed E-state index contributed by atoms with van der Waals surface area (Å²) in [5.41, 5.74) is 6.34. The molecule has 2 aromatic rings.